The Morgan fingerprint density at radius 1 is 1.42 bits per heavy atom. The number of rotatable bonds is 1. The highest BCUT2D eigenvalue weighted by molar-refractivity contribution is 5.83. The monoisotopic (exact) mass is 160 g/mol. The first kappa shape index (κ1) is 7.50. The van der Waals surface area contributed by atoms with Crippen molar-refractivity contribution in [2.24, 2.45) is 10.7 Å². The summed E-state index contributed by atoms with van der Waals surface area (Å²) in [4.78, 5) is 4.34. The Balaban J connectivity index is 2.33. The SMILES string of the molecule is NC[C@@H]1Cc2ccccc2C=N1. The molecular weight excluding hydrogens is 148 g/mol. The highest BCUT2D eigenvalue weighted by atomic mass is 14.8. The van der Waals surface area contributed by atoms with Gasteiger partial charge in [-0.3, -0.25) is 4.99 Å². The van der Waals surface area contributed by atoms with Gasteiger partial charge in [0.25, 0.3) is 0 Å². The van der Waals surface area contributed by atoms with Gasteiger partial charge in [0.05, 0.1) is 6.04 Å². The lowest BCUT2D eigenvalue weighted by Gasteiger charge is -2.16. The molecule has 1 heterocycles. The standard InChI is InChI=1S/C10H12N2/c11-6-10-5-8-3-1-2-4-9(8)7-12-10/h1-4,7,10H,5-6,11H2/t10-/m0/s1. The van der Waals surface area contributed by atoms with E-state index in [1.54, 1.807) is 0 Å². The average molecular weight is 160 g/mol. The molecule has 1 aliphatic rings. The van der Waals surface area contributed by atoms with Crippen molar-refractivity contribution in [3.05, 3.63) is 35.4 Å². The molecule has 0 aromatic heterocycles. The maximum absolute atomic E-state index is 5.55. The zero-order valence-corrected chi connectivity index (χ0v) is 6.90. The van der Waals surface area contributed by atoms with E-state index in [4.69, 9.17) is 5.73 Å². The molecule has 0 saturated heterocycles. The van der Waals surface area contributed by atoms with Crippen molar-refractivity contribution in [1.29, 1.82) is 0 Å². The maximum Gasteiger partial charge on any atom is 0.0662 e. The minimum atomic E-state index is 0.292. The molecule has 2 rings (SSSR count). The summed E-state index contributed by atoms with van der Waals surface area (Å²) in [7, 11) is 0. The predicted molar refractivity (Wildman–Crippen MR) is 50.6 cm³/mol. The van der Waals surface area contributed by atoms with E-state index in [0.29, 0.717) is 12.6 Å². The summed E-state index contributed by atoms with van der Waals surface area (Å²) in [6.07, 6.45) is 2.92. The van der Waals surface area contributed by atoms with Gasteiger partial charge >= 0.3 is 0 Å². The van der Waals surface area contributed by atoms with E-state index in [-0.39, 0.29) is 0 Å². The molecule has 0 aliphatic carbocycles. The molecule has 12 heavy (non-hydrogen) atoms. The molecule has 62 valence electrons. The molecular formula is C10H12N2. The Morgan fingerprint density at radius 2 is 2.25 bits per heavy atom. The Bertz CT molecular complexity index is 304. The van der Waals surface area contributed by atoms with Crippen molar-refractivity contribution in [3.63, 3.8) is 0 Å². The zero-order valence-electron chi connectivity index (χ0n) is 6.90. The van der Waals surface area contributed by atoms with Crippen molar-refractivity contribution in [1.82, 2.24) is 0 Å². The van der Waals surface area contributed by atoms with E-state index in [1.807, 2.05) is 12.3 Å². The van der Waals surface area contributed by atoms with Crippen LogP contribution in [0.4, 0.5) is 0 Å². The molecule has 0 spiro atoms. The number of nitrogens with zero attached hydrogens (tertiary/aromatic N) is 1. The van der Waals surface area contributed by atoms with Crippen molar-refractivity contribution in [3.8, 4) is 0 Å². The van der Waals surface area contributed by atoms with Gasteiger partial charge in [0.15, 0.2) is 0 Å². The summed E-state index contributed by atoms with van der Waals surface area (Å²) in [5.74, 6) is 0. The lowest BCUT2D eigenvalue weighted by atomic mass is 9.98. The van der Waals surface area contributed by atoms with Gasteiger partial charge in [0, 0.05) is 12.8 Å². The number of benzene rings is 1. The highest BCUT2D eigenvalue weighted by Crippen LogP contribution is 2.14. The van der Waals surface area contributed by atoms with Gasteiger partial charge in [-0.1, -0.05) is 24.3 Å². The lowest BCUT2D eigenvalue weighted by Crippen LogP contribution is -2.24. The highest BCUT2D eigenvalue weighted by Gasteiger charge is 2.11. The third-order valence-electron chi connectivity index (χ3n) is 2.21. The zero-order chi connectivity index (χ0) is 8.39. The normalized spacial score (nSPS) is 20.6. The molecule has 2 nitrogen and oxygen atoms in total. The van der Waals surface area contributed by atoms with Crippen LogP contribution in [0.15, 0.2) is 29.3 Å². The minimum Gasteiger partial charge on any atom is -0.328 e. The largest absolute Gasteiger partial charge is 0.328 e. The van der Waals surface area contributed by atoms with E-state index >= 15 is 0 Å². The van der Waals surface area contributed by atoms with Crippen molar-refractivity contribution in [2.75, 3.05) is 6.54 Å². The third-order valence-corrected chi connectivity index (χ3v) is 2.21. The molecule has 1 aromatic rings. The van der Waals surface area contributed by atoms with Crippen LogP contribution in [0.25, 0.3) is 0 Å². The molecule has 0 radical (unpaired) electrons. The van der Waals surface area contributed by atoms with Crippen LogP contribution in [0.1, 0.15) is 11.1 Å². The van der Waals surface area contributed by atoms with E-state index in [9.17, 15) is 0 Å². The fraction of sp³-hybridized carbons (Fsp3) is 0.300. The number of fused-ring (bicyclic) bond motifs is 1. The van der Waals surface area contributed by atoms with Crippen LogP contribution in [0.3, 0.4) is 0 Å². The van der Waals surface area contributed by atoms with Gasteiger partial charge in [0.2, 0.25) is 0 Å². The molecule has 0 bridgehead atoms. The number of hydrogen-bond donors (Lipinski definition) is 1. The summed E-state index contributed by atoms with van der Waals surface area (Å²) in [5, 5.41) is 0. The molecule has 1 aliphatic heterocycles. The van der Waals surface area contributed by atoms with Crippen LogP contribution in [0, 0.1) is 0 Å². The summed E-state index contributed by atoms with van der Waals surface area (Å²) < 4.78 is 0. The van der Waals surface area contributed by atoms with Crippen molar-refractivity contribution in [2.45, 2.75) is 12.5 Å². The minimum absolute atomic E-state index is 0.292. The fourth-order valence-corrected chi connectivity index (χ4v) is 1.48. The average Bonchev–Trinajstić information content (AvgIpc) is 2.17. The van der Waals surface area contributed by atoms with E-state index in [1.165, 1.54) is 11.1 Å². The Kier molecular flexibility index (Phi) is 1.92. The summed E-state index contributed by atoms with van der Waals surface area (Å²) in [5.41, 5.74) is 8.15. The van der Waals surface area contributed by atoms with Crippen LogP contribution >= 0.6 is 0 Å². The Morgan fingerprint density at radius 3 is 3.08 bits per heavy atom. The fourth-order valence-electron chi connectivity index (χ4n) is 1.48. The number of nitrogens with two attached hydrogens (primary N) is 1. The van der Waals surface area contributed by atoms with Crippen molar-refractivity contribution >= 4 is 6.21 Å². The second-order valence-electron chi connectivity index (χ2n) is 3.07. The van der Waals surface area contributed by atoms with Crippen LogP contribution in [0.2, 0.25) is 0 Å². The molecule has 0 unspecified atom stereocenters. The first-order valence-electron chi connectivity index (χ1n) is 4.21. The molecule has 2 heteroatoms. The number of hydrogen-bond acceptors (Lipinski definition) is 2. The smallest absolute Gasteiger partial charge is 0.0662 e. The van der Waals surface area contributed by atoms with E-state index in [2.05, 4.69) is 23.2 Å². The second kappa shape index (κ2) is 3.07. The second-order valence-corrected chi connectivity index (χ2v) is 3.07. The van der Waals surface area contributed by atoms with E-state index in [0.717, 1.165) is 6.42 Å². The molecule has 0 fully saturated rings. The van der Waals surface area contributed by atoms with Gasteiger partial charge in [-0.2, -0.15) is 0 Å². The van der Waals surface area contributed by atoms with Gasteiger partial charge in [0.1, 0.15) is 0 Å². The predicted octanol–water partition coefficient (Wildman–Crippen LogP) is 0.989. The van der Waals surface area contributed by atoms with Crippen LogP contribution in [-0.4, -0.2) is 18.8 Å². The van der Waals surface area contributed by atoms with Gasteiger partial charge in [-0.15, -0.1) is 0 Å². The Hall–Kier alpha value is -1.15. The van der Waals surface area contributed by atoms with Crippen LogP contribution < -0.4 is 5.73 Å². The summed E-state index contributed by atoms with van der Waals surface area (Å²) in [6, 6.07) is 8.62. The lowest BCUT2D eigenvalue weighted by molar-refractivity contribution is 0.675. The molecule has 1 aromatic carbocycles. The molecule has 0 amide bonds. The third kappa shape index (κ3) is 1.25. The molecule has 0 saturated carbocycles. The van der Waals surface area contributed by atoms with Crippen LogP contribution in [-0.2, 0) is 6.42 Å². The molecule has 1 atom stereocenters. The maximum atomic E-state index is 5.55. The van der Waals surface area contributed by atoms with Gasteiger partial charge < -0.3 is 5.73 Å². The molecule has 2 N–H and O–H groups in total. The Labute approximate surface area is 72.1 Å². The summed E-state index contributed by atoms with van der Waals surface area (Å²) in [6.45, 7) is 0.644. The van der Waals surface area contributed by atoms with Gasteiger partial charge in [-0.25, -0.2) is 0 Å². The first-order chi connectivity index (χ1) is 5.90. The van der Waals surface area contributed by atoms with E-state index < -0.39 is 0 Å². The first-order valence-corrected chi connectivity index (χ1v) is 4.21. The van der Waals surface area contributed by atoms with Crippen LogP contribution in [0.5, 0.6) is 0 Å². The van der Waals surface area contributed by atoms with Crippen molar-refractivity contribution < 1.29 is 0 Å². The number of aliphatic imine (C=N–C) groups is 1. The quantitative estimate of drug-likeness (QED) is 0.653. The summed E-state index contributed by atoms with van der Waals surface area (Å²) >= 11 is 0. The van der Waals surface area contributed by atoms with Gasteiger partial charge in [-0.05, 0) is 17.5 Å². The topological polar surface area (TPSA) is 38.4 Å².